The van der Waals surface area contributed by atoms with Crippen LogP contribution >= 0.6 is 0 Å². The fraction of sp³-hybridized carbons (Fsp3) is 0. The summed E-state index contributed by atoms with van der Waals surface area (Å²) >= 11 is -17.2. The molecule has 0 aliphatic carbocycles. The van der Waals surface area contributed by atoms with Crippen molar-refractivity contribution < 1.29 is 83.0 Å². The van der Waals surface area contributed by atoms with Gasteiger partial charge in [-0.2, -0.15) is 0 Å². The fourth-order valence-corrected chi connectivity index (χ4v) is 13.8. The van der Waals surface area contributed by atoms with Crippen molar-refractivity contribution in [3.05, 3.63) is 0 Å². The number of hydrogen-bond donors (Lipinski definition) is 2. The number of rotatable bonds is 4. The van der Waals surface area contributed by atoms with Gasteiger partial charge < -0.3 is 0 Å². The van der Waals surface area contributed by atoms with Crippen molar-refractivity contribution in [2.75, 3.05) is 0 Å². The second kappa shape index (κ2) is 4.55. The van der Waals surface area contributed by atoms with E-state index in [0.29, 0.717) is 0 Å². The summed E-state index contributed by atoms with van der Waals surface area (Å²) in [5.74, 6) is 0. The normalized spacial score (nSPS) is 12.8. The van der Waals surface area contributed by atoms with Gasteiger partial charge in [-0.1, -0.05) is 0 Å². The Labute approximate surface area is 82.1 Å². The summed E-state index contributed by atoms with van der Waals surface area (Å²) in [4.78, 5) is 0. The first-order valence-electron chi connectivity index (χ1n) is 1.98. The van der Waals surface area contributed by atoms with E-state index in [4.69, 9.17) is 7.52 Å². The third kappa shape index (κ3) is 9.19. The first kappa shape index (κ1) is 13.1. The zero-order chi connectivity index (χ0) is 9.99. The maximum absolute atomic E-state index is 10.3. The van der Waals surface area contributed by atoms with E-state index in [1.165, 1.54) is 0 Å². The van der Waals surface area contributed by atoms with Crippen molar-refractivity contribution in [1.82, 2.24) is 0 Å². The zero-order valence-corrected chi connectivity index (χ0v) is 13.4. The Morgan fingerprint density at radius 3 is 1.33 bits per heavy atom. The topological polar surface area (TPSA) is 144 Å². The molecule has 0 unspecified atom stereocenters. The van der Waals surface area contributed by atoms with Crippen LogP contribution < -0.4 is 0 Å². The van der Waals surface area contributed by atoms with Gasteiger partial charge in [-0.05, 0) is 0 Å². The van der Waals surface area contributed by atoms with Crippen LogP contribution in [0.25, 0.3) is 0 Å². The molecule has 0 aromatic carbocycles. The Morgan fingerprint density at radius 2 is 1.17 bits per heavy atom. The summed E-state index contributed by atoms with van der Waals surface area (Å²) in [5.41, 5.74) is 0. The van der Waals surface area contributed by atoms with Gasteiger partial charge in [-0.25, -0.2) is 0 Å². The monoisotopic (exact) mass is 604 g/mol. The van der Waals surface area contributed by atoms with E-state index in [2.05, 4.69) is 2.93 Å². The van der Waals surface area contributed by atoms with E-state index >= 15 is 0 Å². The molecule has 0 fully saturated rings. The molecule has 12 heavy (non-hydrogen) atoms. The molecule has 0 aliphatic heterocycles. The van der Waals surface area contributed by atoms with Crippen molar-refractivity contribution in [1.29, 1.82) is 0 Å². The molecule has 2 N–H and O–H groups in total. The van der Waals surface area contributed by atoms with Crippen molar-refractivity contribution >= 4 is 0 Å². The van der Waals surface area contributed by atoms with Crippen LogP contribution in [0.3, 0.4) is 0 Å². The Morgan fingerprint density at radius 1 is 0.917 bits per heavy atom. The van der Waals surface area contributed by atoms with Crippen LogP contribution in [0.1, 0.15) is 0 Å². The summed E-state index contributed by atoms with van der Waals surface area (Å²) in [6.45, 7) is 0. The molecule has 0 saturated carbocycles. The van der Waals surface area contributed by atoms with Crippen LogP contribution in [0.4, 0.5) is 0 Å². The van der Waals surface area contributed by atoms with Gasteiger partial charge in [0.25, 0.3) is 0 Å². The van der Waals surface area contributed by atoms with Crippen molar-refractivity contribution in [3.63, 3.8) is 0 Å². The van der Waals surface area contributed by atoms with Crippen molar-refractivity contribution in [2.45, 2.75) is 0 Å². The summed E-state index contributed by atoms with van der Waals surface area (Å²) in [6.07, 6.45) is 0. The molecule has 12 heteroatoms. The molecule has 72 valence electrons. The van der Waals surface area contributed by atoms with Gasteiger partial charge in [-0.3, -0.25) is 0 Å². The molecule has 0 radical (unpaired) electrons. The van der Waals surface area contributed by atoms with E-state index in [1.54, 1.807) is 0 Å². The summed E-state index contributed by atoms with van der Waals surface area (Å²) in [7, 11) is 0. The van der Waals surface area contributed by atoms with Gasteiger partial charge in [0.1, 0.15) is 0 Å². The molecular formula is H2O9W2Zr. The van der Waals surface area contributed by atoms with Gasteiger partial charge in [0.15, 0.2) is 0 Å². The van der Waals surface area contributed by atoms with Gasteiger partial charge in [-0.15, -0.1) is 0 Å². The average molecular weight is 605 g/mol. The second-order valence-corrected chi connectivity index (χ2v) is 16.6. The molecule has 0 aliphatic rings. The van der Waals surface area contributed by atoms with Crippen LogP contribution in [0, 0.1) is 0 Å². The molecular weight excluding hydrogens is 603 g/mol. The summed E-state index contributed by atoms with van der Waals surface area (Å²) < 4.78 is 72.6. The molecule has 0 heterocycles. The second-order valence-electron chi connectivity index (χ2n) is 1.27. The summed E-state index contributed by atoms with van der Waals surface area (Å²) in [5, 5.41) is 0. The third-order valence-electron chi connectivity index (χ3n) is 0.347. The van der Waals surface area contributed by atoms with E-state index in [0.717, 1.165) is 0 Å². The van der Waals surface area contributed by atoms with Crippen LogP contribution in [-0.4, -0.2) is 7.52 Å². The molecule has 0 aromatic rings. The van der Waals surface area contributed by atoms with Crippen LogP contribution in [0.2, 0.25) is 0 Å². The minimum atomic E-state index is -6.18. The van der Waals surface area contributed by atoms with Gasteiger partial charge in [0.05, 0.1) is 0 Å². The predicted molar refractivity (Wildman–Crippen MR) is 10.0 cm³/mol. The molecule has 9 nitrogen and oxygen atoms in total. The quantitative estimate of drug-likeness (QED) is 0.378. The van der Waals surface area contributed by atoms with Gasteiger partial charge in [0, 0.05) is 0 Å². The zero-order valence-electron chi connectivity index (χ0n) is 5.07. The van der Waals surface area contributed by atoms with Crippen LogP contribution in [0.5, 0.6) is 0 Å². The molecule has 0 bridgehead atoms. The Balaban J connectivity index is 4.30. The van der Waals surface area contributed by atoms with Crippen LogP contribution in [0.15, 0.2) is 0 Å². The average Bonchev–Trinajstić information content (AvgIpc) is 1.49. The van der Waals surface area contributed by atoms with Gasteiger partial charge >= 0.3 is 83.0 Å². The molecule has 0 amide bonds. The molecule has 0 rings (SSSR count). The van der Waals surface area contributed by atoms with E-state index in [-0.39, 0.29) is 0 Å². The molecule has 0 spiro atoms. The Bertz CT molecular complexity index is 319. The standard InChI is InChI=1S/2H2O.7O.2W.Zr/h2*1H2;;;;;;;;;;/q;;;;;;;;;2*+1;/p-2. The van der Waals surface area contributed by atoms with Gasteiger partial charge in [0.2, 0.25) is 0 Å². The van der Waals surface area contributed by atoms with E-state index in [9.17, 15) is 16.4 Å². The van der Waals surface area contributed by atoms with Crippen molar-refractivity contribution in [3.8, 4) is 0 Å². The van der Waals surface area contributed by atoms with Crippen molar-refractivity contribution in [2.24, 2.45) is 0 Å². The Kier molecular flexibility index (Phi) is 4.97. The first-order valence-corrected chi connectivity index (χ1v) is 14.8. The minimum absolute atomic E-state index is 3.38. The van der Waals surface area contributed by atoms with E-state index < -0.39 is 56.1 Å². The summed E-state index contributed by atoms with van der Waals surface area (Å²) in [6, 6.07) is 0. The maximum atomic E-state index is 10.3. The SMILES string of the molecule is [O]=[Zr]([O][W](=[O])(=[O])[OH])[O][W](=[O])(=[O])[OH]. The number of hydrogen-bond acceptors (Lipinski definition) is 7. The predicted octanol–water partition coefficient (Wildman–Crippen LogP) is -1.85. The molecule has 0 saturated heterocycles. The van der Waals surface area contributed by atoms with Crippen LogP contribution in [-0.2, 0) is 75.5 Å². The fourth-order valence-electron chi connectivity index (χ4n) is 0.186. The van der Waals surface area contributed by atoms with E-state index in [1.807, 2.05) is 0 Å². The first-order chi connectivity index (χ1) is 5.10. The third-order valence-corrected chi connectivity index (χ3v) is 16.8. The molecule has 0 atom stereocenters. The molecule has 0 aromatic heterocycles. The Hall–Kier alpha value is 1.10.